The lowest BCUT2D eigenvalue weighted by molar-refractivity contribution is -0.187. The van der Waals surface area contributed by atoms with Crippen molar-refractivity contribution in [2.75, 3.05) is 0 Å². The Morgan fingerprint density at radius 3 is 2.05 bits per heavy atom. The number of rotatable bonds is 3. The number of carbonyl (C=O) groups excluding carboxylic acids is 2. The third-order valence-electron chi connectivity index (χ3n) is 5.26. The number of halogens is 3. The molecule has 0 amide bonds. The molecule has 0 unspecified atom stereocenters. The minimum absolute atomic E-state index is 0.0453. The van der Waals surface area contributed by atoms with E-state index in [4.69, 9.17) is 0 Å². The van der Waals surface area contributed by atoms with Gasteiger partial charge in [0.2, 0.25) is 5.78 Å². The van der Waals surface area contributed by atoms with E-state index in [1.165, 1.54) is 12.1 Å². The van der Waals surface area contributed by atoms with Crippen LogP contribution >= 0.6 is 0 Å². The third-order valence-corrected chi connectivity index (χ3v) is 5.26. The highest BCUT2D eigenvalue weighted by atomic mass is 19.4. The minimum atomic E-state index is -4.97. The van der Waals surface area contributed by atoms with Crippen molar-refractivity contribution in [3.63, 3.8) is 0 Å². The summed E-state index contributed by atoms with van der Waals surface area (Å²) in [6.07, 6.45) is -2.22. The number of Topliss-reactive ketones (excluding diaryl/α,β-unsaturated/α-hetero) is 2. The van der Waals surface area contributed by atoms with E-state index in [0.717, 1.165) is 12.8 Å². The van der Waals surface area contributed by atoms with Crippen LogP contribution < -0.4 is 0 Å². The molecule has 1 aromatic rings. The van der Waals surface area contributed by atoms with Gasteiger partial charge in [-0.25, -0.2) is 0 Å². The minimum Gasteiger partial charge on any atom is -0.293 e. The van der Waals surface area contributed by atoms with Crippen molar-refractivity contribution in [2.24, 2.45) is 17.3 Å². The van der Waals surface area contributed by atoms with Crippen LogP contribution in [-0.2, 0) is 4.79 Å². The molecule has 0 aliphatic heterocycles. The van der Waals surface area contributed by atoms with Crippen molar-refractivity contribution in [1.29, 1.82) is 0 Å². The van der Waals surface area contributed by atoms with E-state index in [1.54, 1.807) is 18.2 Å². The summed E-state index contributed by atoms with van der Waals surface area (Å²) in [6, 6.07) is 7.91. The molecular formula is C17H17F3O2. The normalized spacial score (nSPS) is 31.0. The largest absolute Gasteiger partial charge is 0.451 e. The maximum atomic E-state index is 13.2. The molecule has 3 saturated carbocycles. The van der Waals surface area contributed by atoms with Crippen molar-refractivity contribution in [3.05, 3.63) is 35.9 Å². The van der Waals surface area contributed by atoms with Crippen LogP contribution in [-0.4, -0.2) is 17.7 Å². The standard InChI is InChI=1S/C17H17F3O2/c18-17(19,20)15(22)16(10-11-6-8-13(16)9-7-11)14(21)12-4-2-1-3-5-12/h1-5,11,13H,6-10H2/t11?,13?,16-/m1/s1. The van der Waals surface area contributed by atoms with Crippen LogP contribution in [0.5, 0.6) is 0 Å². The summed E-state index contributed by atoms with van der Waals surface area (Å²) in [4.78, 5) is 25.1. The number of hydrogen-bond acceptors (Lipinski definition) is 2. The molecule has 5 heteroatoms. The van der Waals surface area contributed by atoms with Crippen LogP contribution in [0, 0.1) is 17.3 Å². The second kappa shape index (κ2) is 5.21. The molecule has 0 radical (unpaired) electrons. The Hall–Kier alpha value is -1.65. The first-order valence-corrected chi connectivity index (χ1v) is 7.57. The summed E-state index contributed by atoms with van der Waals surface area (Å²) in [5.74, 6) is -2.93. The Morgan fingerprint density at radius 2 is 1.59 bits per heavy atom. The van der Waals surface area contributed by atoms with Gasteiger partial charge in [-0.2, -0.15) is 13.2 Å². The summed E-state index contributed by atoms with van der Waals surface area (Å²) in [6.45, 7) is 0. The number of fused-ring (bicyclic) bond motifs is 3. The lowest BCUT2D eigenvalue weighted by atomic mass is 9.52. The molecule has 0 N–H and O–H groups in total. The van der Waals surface area contributed by atoms with Crippen LogP contribution in [0.25, 0.3) is 0 Å². The molecular weight excluding hydrogens is 293 g/mol. The van der Waals surface area contributed by atoms with E-state index in [2.05, 4.69) is 0 Å². The lowest BCUT2D eigenvalue weighted by Gasteiger charge is -2.49. The van der Waals surface area contributed by atoms with Crippen molar-refractivity contribution >= 4 is 11.6 Å². The van der Waals surface area contributed by atoms with Crippen LogP contribution in [0.15, 0.2) is 30.3 Å². The van der Waals surface area contributed by atoms with Gasteiger partial charge in [0.05, 0.1) is 0 Å². The summed E-state index contributed by atoms with van der Waals surface area (Å²) in [5, 5.41) is 0. The highest BCUT2D eigenvalue weighted by Crippen LogP contribution is 2.56. The Morgan fingerprint density at radius 1 is 1.00 bits per heavy atom. The number of carbonyl (C=O) groups is 2. The van der Waals surface area contributed by atoms with Gasteiger partial charge in [-0.3, -0.25) is 9.59 Å². The first kappa shape index (κ1) is 15.3. The number of hydrogen-bond donors (Lipinski definition) is 0. The summed E-state index contributed by atoms with van der Waals surface area (Å²) in [7, 11) is 0. The Balaban J connectivity index is 2.08. The first-order valence-electron chi connectivity index (χ1n) is 7.57. The van der Waals surface area contributed by atoms with Gasteiger partial charge < -0.3 is 0 Å². The highest BCUT2D eigenvalue weighted by Gasteiger charge is 2.63. The number of alkyl halides is 3. The number of benzene rings is 1. The van der Waals surface area contributed by atoms with Gasteiger partial charge in [-0.1, -0.05) is 43.2 Å². The van der Waals surface area contributed by atoms with Gasteiger partial charge in [0.1, 0.15) is 5.41 Å². The fourth-order valence-electron chi connectivity index (χ4n) is 4.24. The molecule has 3 aliphatic rings. The molecule has 1 atom stereocenters. The van der Waals surface area contributed by atoms with Crippen molar-refractivity contribution in [1.82, 2.24) is 0 Å². The molecule has 0 heterocycles. The zero-order valence-electron chi connectivity index (χ0n) is 12.0. The van der Waals surface area contributed by atoms with Crippen molar-refractivity contribution in [2.45, 2.75) is 38.3 Å². The quantitative estimate of drug-likeness (QED) is 0.619. The topological polar surface area (TPSA) is 34.1 Å². The molecule has 4 rings (SSSR count). The Bertz CT molecular complexity index is 586. The van der Waals surface area contributed by atoms with E-state index < -0.39 is 29.1 Å². The van der Waals surface area contributed by atoms with Gasteiger partial charge >= 0.3 is 6.18 Å². The van der Waals surface area contributed by atoms with Gasteiger partial charge in [0.25, 0.3) is 0 Å². The molecule has 2 nitrogen and oxygen atoms in total. The molecule has 0 saturated heterocycles. The first-order chi connectivity index (χ1) is 10.4. The molecule has 1 aromatic carbocycles. The summed E-state index contributed by atoms with van der Waals surface area (Å²) < 4.78 is 39.5. The SMILES string of the molecule is O=C(c1ccccc1)[C@@]1(C(=O)C(F)(F)F)CC2CCC1CC2. The van der Waals surface area contributed by atoms with Crippen LogP contribution in [0.4, 0.5) is 13.2 Å². The Labute approximate surface area is 126 Å². The molecule has 3 aliphatic carbocycles. The molecule has 118 valence electrons. The van der Waals surface area contributed by atoms with E-state index in [0.29, 0.717) is 12.8 Å². The average Bonchev–Trinajstić information content (AvgIpc) is 2.54. The Kier molecular flexibility index (Phi) is 3.62. The third kappa shape index (κ3) is 2.27. The second-order valence-corrected chi connectivity index (χ2v) is 6.42. The maximum absolute atomic E-state index is 13.2. The van der Waals surface area contributed by atoms with E-state index in [9.17, 15) is 22.8 Å². The molecule has 22 heavy (non-hydrogen) atoms. The molecule has 0 spiro atoms. The smallest absolute Gasteiger partial charge is 0.293 e. The zero-order valence-corrected chi connectivity index (χ0v) is 12.0. The maximum Gasteiger partial charge on any atom is 0.451 e. The fourth-order valence-corrected chi connectivity index (χ4v) is 4.24. The van der Waals surface area contributed by atoms with Crippen molar-refractivity contribution in [3.8, 4) is 0 Å². The van der Waals surface area contributed by atoms with Crippen LogP contribution in [0.2, 0.25) is 0 Å². The van der Waals surface area contributed by atoms with E-state index in [-0.39, 0.29) is 17.9 Å². The van der Waals surface area contributed by atoms with Crippen LogP contribution in [0.1, 0.15) is 42.5 Å². The molecule has 0 aromatic heterocycles. The number of ketones is 2. The second-order valence-electron chi connectivity index (χ2n) is 6.42. The zero-order chi connectivity index (χ0) is 16.0. The monoisotopic (exact) mass is 310 g/mol. The van der Waals surface area contributed by atoms with Crippen molar-refractivity contribution < 1.29 is 22.8 Å². The van der Waals surface area contributed by atoms with E-state index >= 15 is 0 Å². The predicted molar refractivity (Wildman–Crippen MR) is 74.3 cm³/mol. The fraction of sp³-hybridized carbons (Fsp3) is 0.529. The average molecular weight is 310 g/mol. The molecule has 3 fully saturated rings. The van der Waals surface area contributed by atoms with Gasteiger partial charge in [-0.15, -0.1) is 0 Å². The summed E-state index contributed by atoms with van der Waals surface area (Å²) >= 11 is 0. The highest BCUT2D eigenvalue weighted by molar-refractivity contribution is 6.16. The van der Waals surface area contributed by atoms with Gasteiger partial charge in [0.15, 0.2) is 5.78 Å². The summed E-state index contributed by atoms with van der Waals surface area (Å²) in [5.41, 5.74) is -1.70. The predicted octanol–water partition coefficient (Wildman–Crippen LogP) is 4.20. The van der Waals surface area contributed by atoms with Gasteiger partial charge in [0, 0.05) is 5.56 Å². The molecule has 2 bridgehead atoms. The van der Waals surface area contributed by atoms with E-state index in [1.807, 2.05) is 0 Å². The lowest BCUT2D eigenvalue weighted by Crippen LogP contribution is -2.56. The van der Waals surface area contributed by atoms with Gasteiger partial charge in [-0.05, 0) is 31.1 Å². The van der Waals surface area contributed by atoms with Crippen LogP contribution in [0.3, 0.4) is 0 Å².